The molecule has 0 spiro atoms. The van der Waals surface area contributed by atoms with Gasteiger partial charge in [0.2, 0.25) is 5.91 Å². The molecule has 0 aromatic heterocycles. The highest BCUT2D eigenvalue weighted by molar-refractivity contribution is 7.99. The van der Waals surface area contributed by atoms with E-state index in [1.165, 1.54) is 16.0 Å². The first kappa shape index (κ1) is 21.4. The normalized spacial score (nSPS) is 11.9. The van der Waals surface area contributed by atoms with Crippen LogP contribution in [0.4, 0.5) is 5.69 Å². The van der Waals surface area contributed by atoms with Crippen molar-refractivity contribution in [2.24, 2.45) is 0 Å². The van der Waals surface area contributed by atoms with Crippen molar-refractivity contribution >= 4 is 35.0 Å². The number of carbonyl (C=O) groups excluding carboxylic acids is 1. The first-order chi connectivity index (χ1) is 13.9. The summed E-state index contributed by atoms with van der Waals surface area (Å²) in [4.78, 5) is 14.6. The van der Waals surface area contributed by atoms with Gasteiger partial charge in [-0.25, -0.2) is 0 Å². The molecular weight excluding hydrogens is 400 g/mol. The third-order valence-electron chi connectivity index (χ3n) is 4.61. The molecule has 0 aliphatic carbocycles. The van der Waals surface area contributed by atoms with Gasteiger partial charge in [-0.2, -0.15) is 0 Å². The number of hydrogen-bond acceptors (Lipinski definition) is 3. The Morgan fingerprint density at radius 1 is 1.03 bits per heavy atom. The predicted molar refractivity (Wildman–Crippen MR) is 123 cm³/mol. The number of anilines is 1. The molecule has 29 heavy (non-hydrogen) atoms. The number of amides is 1. The summed E-state index contributed by atoms with van der Waals surface area (Å²) in [5, 5.41) is 6.85. The van der Waals surface area contributed by atoms with Crippen molar-refractivity contribution in [1.82, 2.24) is 5.32 Å². The van der Waals surface area contributed by atoms with Crippen LogP contribution < -0.4 is 10.6 Å². The average Bonchev–Trinajstić information content (AvgIpc) is 2.69. The van der Waals surface area contributed by atoms with Crippen molar-refractivity contribution < 1.29 is 4.79 Å². The zero-order valence-electron chi connectivity index (χ0n) is 16.8. The number of hydrogen-bond donors (Lipinski definition) is 2. The number of benzene rings is 3. The summed E-state index contributed by atoms with van der Waals surface area (Å²) in [7, 11) is 0. The van der Waals surface area contributed by atoms with Crippen molar-refractivity contribution in [3.8, 4) is 0 Å². The van der Waals surface area contributed by atoms with Gasteiger partial charge in [-0.05, 0) is 74.4 Å². The van der Waals surface area contributed by atoms with Crippen molar-refractivity contribution in [2.45, 2.75) is 36.6 Å². The molecule has 0 saturated carbocycles. The van der Waals surface area contributed by atoms with Crippen LogP contribution in [0.15, 0.2) is 76.5 Å². The van der Waals surface area contributed by atoms with Crippen LogP contribution in [0.5, 0.6) is 0 Å². The second-order valence-electron chi connectivity index (χ2n) is 7.10. The molecule has 0 unspecified atom stereocenters. The maximum absolute atomic E-state index is 12.3. The van der Waals surface area contributed by atoms with E-state index in [4.69, 9.17) is 11.6 Å². The third kappa shape index (κ3) is 6.36. The molecule has 150 valence electrons. The van der Waals surface area contributed by atoms with Gasteiger partial charge in [0.1, 0.15) is 0 Å². The fourth-order valence-electron chi connectivity index (χ4n) is 2.99. The summed E-state index contributed by atoms with van der Waals surface area (Å²) in [6, 6.07) is 22.1. The predicted octanol–water partition coefficient (Wildman–Crippen LogP) is 6.40. The smallest absolute Gasteiger partial charge is 0.238 e. The number of aryl methyl sites for hydroxylation is 2. The van der Waals surface area contributed by atoms with Gasteiger partial charge in [-0.3, -0.25) is 4.79 Å². The van der Waals surface area contributed by atoms with Crippen molar-refractivity contribution in [2.75, 3.05) is 11.9 Å². The van der Waals surface area contributed by atoms with Gasteiger partial charge < -0.3 is 10.6 Å². The van der Waals surface area contributed by atoms with Crippen LogP contribution in [0.3, 0.4) is 0 Å². The second kappa shape index (κ2) is 9.97. The number of nitrogens with one attached hydrogen (secondary N) is 2. The Labute approximate surface area is 181 Å². The number of rotatable bonds is 7. The van der Waals surface area contributed by atoms with Gasteiger partial charge in [0.15, 0.2) is 0 Å². The highest BCUT2D eigenvalue weighted by Crippen LogP contribution is 2.31. The molecule has 0 aliphatic rings. The molecule has 0 heterocycles. The van der Waals surface area contributed by atoms with Crippen LogP contribution in [0.25, 0.3) is 0 Å². The molecule has 0 bridgehead atoms. The van der Waals surface area contributed by atoms with E-state index in [1.54, 1.807) is 11.8 Å². The maximum Gasteiger partial charge on any atom is 0.238 e. The van der Waals surface area contributed by atoms with Gasteiger partial charge in [0.25, 0.3) is 0 Å². The summed E-state index contributed by atoms with van der Waals surface area (Å²) >= 11 is 7.76. The van der Waals surface area contributed by atoms with Crippen LogP contribution in [0.1, 0.15) is 29.7 Å². The lowest BCUT2D eigenvalue weighted by molar-refractivity contribution is -0.115. The van der Waals surface area contributed by atoms with Gasteiger partial charge in [-0.15, -0.1) is 0 Å². The van der Waals surface area contributed by atoms with Gasteiger partial charge in [-0.1, -0.05) is 53.2 Å². The minimum Gasteiger partial charge on any atom is -0.325 e. The fourth-order valence-corrected chi connectivity index (χ4v) is 4.07. The SMILES string of the molecule is Cc1ccc(Sc2ccc(NC(=O)CN[C@@H](C)c3cccc(Cl)c3)cc2)c(C)c1. The Bertz CT molecular complexity index is 988. The summed E-state index contributed by atoms with van der Waals surface area (Å²) in [5.74, 6) is -0.0753. The molecule has 5 heteroatoms. The van der Waals surface area contributed by atoms with E-state index in [2.05, 4.69) is 42.7 Å². The number of carbonyl (C=O) groups is 1. The highest BCUT2D eigenvalue weighted by atomic mass is 35.5. The molecule has 2 N–H and O–H groups in total. The largest absolute Gasteiger partial charge is 0.325 e. The topological polar surface area (TPSA) is 41.1 Å². The Morgan fingerprint density at radius 2 is 1.79 bits per heavy atom. The molecule has 0 radical (unpaired) electrons. The lowest BCUT2D eigenvalue weighted by atomic mass is 10.1. The summed E-state index contributed by atoms with van der Waals surface area (Å²) in [6.45, 7) is 6.47. The van der Waals surface area contributed by atoms with Crippen LogP contribution >= 0.6 is 23.4 Å². The lowest BCUT2D eigenvalue weighted by Gasteiger charge is -2.14. The molecule has 1 atom stereocenters. The van der Waals surface area contributed by atoms with E-state index in [1.807, 2.05) is 55.5 Å². The lowest BCUT2D eigenvalue weighted by Crippen LogP contribution is -2.30. The molecular formula is C24H25ClN2OS. The molecule has 3 nitrogen and oxygen atoms in total. The Balaban J connectivity index is 1.52. The summed E-state index contributed by atoms with van der Waals surface area (Å²) in [5.41, 5.74) is 4.38. The Hall–Kier alpha value is -2.27. The quantitative estimate of drug-likeness (QED) is 0.461. The van der Waals surface area contributed by atoms with Crippen LogP contribution in [-0.2, 0) is 4.79 Å². The van der Waals surface area contributed by atoms with E-state index in [0.29, 0.717) is 5.02 Å². The van der Waals surface area contributed by atoms with Crippen LogP contribution in [0.2, 0.25) is 5.02 Å². The fraction of sp³-hybridized carbons (Fsp3) is 0.208. The highest BCUT2D eigenvalue weighted by Gasteiger charge is 2.09. The molecule has 3 aromatic rings. The van der Waals surface area contributed by atoms with E-state index in [0.717, 1.165) is 16.1 Å². The first-order valence-corrected chi connectivity index (χ1v) is 10.7. The van der Waals surface area contributed by atoms with Gasteiger partial charge in [0, 0.05) is 26.5 Å². The van der Waals surface area contributed by atoms with Crippen molar-refractivity contribution in [3.63, 3.8) is 0 Å². The monoisotopic (exact) mass is 424 g/mol. The van der Waals surface area contributed by atoms with Gasteiger partial charge >= 0.3 is 0 Å². The third-order valence-corrected chi connectivity index (χ3v) is 6.03. The van der Waals surface area contributed by atoms with Crippen LogP contribution in [0, 0.1) is 13.8 Å². The Morgan fingerprint density at radius 3 is 2.48 bits per heavy atom. The van der Waals surface area contributed by atoms with Crippen LogP contribution in [-0.4, -0.2) is 12.5 Å². The van der Waals surface area contributed by atoms with E-state index in [9.17, 15) is 4.79 Å². The molecule has 1 amide bonds. The molecule has 0 fully saturated rings. The zero-order valence-corrected chi connectivity index (χ0v) is 18.4. The first-order valence-electron chi connectivity index (χ1n) is 9.54. The van der Waals surface area contributed by atoms with E-state index in [-0.39, 0.29) is 18.5 Å². The standard InChI is InChI=1S/C24H25ClN2OS/c1-16-7-12-23(17(2)13-16)29-22-10-8-21(9-11-22)27-24(28)15-26-18(3)19-5-4-6-20(25)14-19/h4-14,18,26H,15H2,1-3H3,(H,27,28)/t18-/m0/s1. The summed E-state index contributed by atoms with van der Waals surface area (Å²) in [6.07, 6.45) is 0. The average molecular weight is 425 g/mol. The second-order valence-corrected chi connectivity index (χ2v) is 8.65. The van der Waals surface area contributed by atoms with Crippen molar-refractivity contribution in [3.05, 3.63) is 88.4 Å². The molecule has 0 saturated heterocycles. The molecule has 3 aromatic carbocycles. The minimum absolute atomic E-state index is 0.0379. The zero-order chi connectivity index (χ0) is 20.8. The molecule has 0 aliphatic heterocycles. The maximum atomic E-state index is 12.3. The molecule has 3 rings (SSSR count). The van der Waals surface area contributed by atoms with Crippen molar-refractivity contribution in [1.29, 1.82) is 0 Å². The minimum atomic E-state index is -0.0753. The van der Waals surface area contributed by atoms with E-state index >= 15 is 0 Å². The van der Waals surface area contributed by atoms with E-state index < -0.39 is 0 Å². The number of halogens is 1. The summed E-state index contributed by atoms with van der Waals surface area (Å²) < 4.78 is 0. The Kier molecular flexibility index (Phi) is 7.37. The van der Waals surface area contributed by atoms with Gasteiger partial charge in [0.05, 0.1) is 6.54 Å².